The van der Waals surface area contributed by atoms with E-state index in [1.807, 2.05) is 51.2 Å². The van der Waals surface area contributed by atoms with E-state index in [4.69, 9.17) is 14.0 Å². The molecule has 1 spiro atoms. The molecule has 0 aromatic heterocycles. The second kappa shape index (κ2) is 9.92. The van der Waals surface area contributed by atoms with Gasteiger partial charge in [-0.3, -0.25) is 9.35 Å². The molecule has 1 aliphatic carbocycles. The van der Waals surface area contributed by atoms with Crippen LogP contribution in [-0.2, 0) is 24.4 Å². The number of rotatable bonds is 6. The summed E-state index contributed by atoms with van der Waals surface area (Å²) in [7, 11) is -6.36. The van der Waals surface area contributed by atoms with Crippen molar-refractivity contribution < 1.29 is 54.3 Å². The highest BCUT2D eigenvalue weighted by Gasteiger charge is 2.65. The Balaban J connectivity index is 1.60. The normalized spacial score (nSPS) is 23.2. The predicted octanol–water partition coefficient (Wildman–Crippen LogP) is 4.99. The fourth-order valence-electron chi connectivity index (χ4n) is 3.52. The minimum atomic E-state index is -6.36. The zero-order valence-corrected chi connectivity index (χ0v) is 24.0. The number of ether oxygens (including phenoxy) is 3. The van der Waals surface area contributed by atoms with E-state index < -0.39 is 58.0 Å². The average molecular weight is 848 g/mol. The summed E-state index contributed by atoms with van der Waals surface area (Å²) in [5.74, 6) is -8.37. The zero-order valence-electron chi connectivity index (χ0n) is 16.8. The number of hydrogen-bond donors (Lipinski definition) is 1. The van der Waals surface area contributed by atoms with Gasteiger partial charge in [0.25, 0.3) is 5.79 Å². The van der Waals surface area contributed by atoms with E-state index in [1.165, 1.54) is 0 Å². The van der Waals surface area contributed by atoms with Crippen LogP contribution in [0.25, 0.3) is 0 Å². The number of esters is 2. The molecule has 8 nitrogen and oxygen atoms in total. The van der Waals surface area contributed by atoms with E-state index in [9.17, 15) is 35.6 Å². The lowest BCUT2D eigenvalue weighted by molar-refractivity contribution is -0.187. The highest BCUT2D eigenvalue weighted by Crippen LogP contribution is 2.46. The topological polar surface area (TPSA) is 116 Å². The van der Waals surface area contributed by atoms with Crippen LogP contribution in [0.4, 0.5) is 17.6 Å². The molecular formula is C18H15F4I3O8S. The third-order valence-corrected chi connectivity index (χ3v) is 10.1. The maximum atomic E-state index is 13.5. The third-order valence-electron chi connectivity index (χ3n) is 5.39. The van der Waals surface area contributed by atoms with Crippen molar-refractivity contribution in [2.45, 2.75) is 49.1 Å². The monoisotopic (exact) mass is 848 g/mol. The molecule has 1 aliphatic heterocycles. The fourth-order valence-corrected chi connectivity index (χ4v) is 6.49. The van der Waals surface area contributed by atoms with E-state index in [0.29, 0.717) is 18.5 Å². The number of hydrogen-bond acceptors (Lipinski definition) is 7. The third kappa shape index (κ3) is 5.38. The summed E-state index contributed by atoms with van der Waals surface area (Å²) in [6.07, 6.45) is -1.38. The molecule has 190 valence electrons. The van der Waals surface area contributed by atoms with Crippen molar-refractivity contribution in [2.24, 2.45) is 5.92 Å². The van der Waals surface area contributed by atoms with Crippen LogP contribution < -0.4 is 4.74 Å². The number of carbonyl (C=O) groups is 2. The minimum absolute atomic E-state index is 0.105. The quantitative estimate of drug-likeness (QED) is 0.140. The Morgan fingerprint density at radius 3 is 2.29 bits per heavy atom. The van der Waals surface area contributed by atoms with E-state index in [2.05, 4.69) is 27.3 Å². The van der Waals surface area contributed by atoms with Crippen molar-refractivity contribution in [3.63, 3.8) is 0 Å². The maximum absolute atomic E-state index is 13.5. The van der Waals surface area contributed by atoms with Crippen LogP contribution in [0.5, 0.6) is 5.75 Å². The first-order chi connectivity index (χ1) is 15.5. The number of halogens is 7. The summed E-state index contributed by atoms with van der Waals surface area (Å²) in [6.45, 7) is -1.19. The van der Waals surface area contributed by atoms with Crippen molar-refractivity contribution in [1.29, 1.82) is 0 Å². The standard InChI is InChI=1S/C18H15F4I3O8S/c19-17(20,18(21,22)34(28,29)30)5-6-31-14(26)8-1-3-16(4-2-8)32-13-10(24)7-9(23)12(25)11(13)15(27)33-16/h7-8H,1-6H2,(H,28,29,30). The smallest absolute Gasteiger partial charge is 0.431 e. The lowest BCUT2D eigenvalue weighted by Crippen LogP contribution is -2.49. The Morgan fingerprint density at radius 2 is 1.74 bits per heavy atom. The van der Waals surface area contributed by atoms with Crippen LogP contribution in [-0.4, -0.2) is 48.5 Å². The second-order valence-corrected chi connectivity index (χ2v) is 12.5. The molecule has 3 rings (SSSR count). The molecule has 0 amide bonds. The molecule has 34 heavy (non-hydrogen) atoms. The second-order valence-electron chi connectivity index (χ2n) is 7.65. The summed E-state index contributed by atoms with van der Waals surface area (Å²) in [5.41, 5.74) is 0.312. The van der Waals surface area contributed by atoms with Gasteiger partial charge in [-0.25, -0.2) is 4.79 Å². The molecular weight excluding hydrogens is 833 g/mol. The van der Waals surface area contributed by atoms with Crippen LogP contribution in [0.2, 0.25) is 0 Å². The van der Waals surface area contributed by atoms with Gasteiger partial charge in [-0.15, -0.1) is 0 Å². The Bertz CT molecular complexity index is 1120. The number of fused-ring (bicyclic) bond motifs is 1. The van der Waals surface area contributed by atoms with Gasteiger partial charge in [0.1, 0.15) is 5.56 Å². The number of alkyl halides is 4. The van der Waals surface area contributed by atoms with Gasteiger partial charge in [-0.1, -0.05) is 0 Å². The summed E-state index contributed by atoms with van der Waals surface area (Å²) in [4.78, 5) is 24.9. The SMILES string of the molecule is O=C1OC2(CCC(C(=O)OCCC(F)(F)C(F)(F)S(=O)(=O)O)CC2)Oc2c(I)cc(I)c(I)c21. The van der Waals surface area contributed by atoms with Crippen molar-refractivity contribution in [3.05, 3.63) is 22.3 Å². The van der Waals surface area contributed by atoms with E-state index in [0.717, 1.165) is 3.57 Å². The Hall–Kier alpha value is -0.220. The van der Waals surface area contributed by atoms with Crippen molar-refractivity contribution >= 4 is 89.8 Å². The van der Waals surface area contributed by atoms with Crippen molar-refractivity contribution in [3.8, 4) is 5.75 Å². The van der Waals surface area contributed by atoms with Crippen molar-refractivity contribution in [2.75, 3.05) is 6.61 Å². The molecule has 1 fully saturated rings. The molecule has 1 aromatic carbocycles. The van der Waals surface area contributed by atoms with Gasteiger partial charge in [-0.05, 0) is 86.7 Å². The highest BCUT2D eigenvalue weighted by molar-refractivity contribution is 14.1. The van der Waals surface area contributed by atoms with Gasteiger partial charge in [0.05, 0.1) is 22.5 Å². The lowest BCUT2D eigenvalue weighted by atomic mass is 9.84. The Morgan fingerprint density at radius 1 is 1.15 bits per heavy atom. The number of carbonyl (C=O) groups excluding carboxylic acids is 2. The first kappa shape index (κ1) is 28.4. The molecule has 2 aliphatic rings. The maximum Gasteiger partial charge on any atom is 0.431 e. The van der Waals surface area contributed by atoms with Crippen LogP contribution >= 0.6 is 67.8 Å². The Labute approximate surface area is 232 Å². The van der Waals surface area contributed by atoms with E-state index >= 15 is 0 Å². The van der Waals surface area contributed by atoms with Gasteiger partial charge in [0.2, 0.25) is 0 Å². The highest BCUT2D eigenvalue weighted by atomic mass is 127. The molecule has 16 heteroatoms. The van der Waals surface area contributed by atoms with Crippen LogP contribution in [0, 0.1) is 16.6 Å². The fraction of sp³-hybridized carbons (Fsp3) is 0.556. The van der Waals surface area contributed by atoms with Gasteiger partial charge >= 0.3 is 33.2 Å². The van der Waals surface area contributed by atoms with Gasteiger partial charge in [0.15, 0.2) is 5.75 Å². The largest absolute Gasteiger partial charge is 0.465 e. The van der Waals surface area contributed by atoms with Crippen LogP contribution in [0.3, 0.4) is 0 Å². The van der Waals surface area contributed by atoms with Gasteiger partial charge in [-0.2, -0.15) is 26.0 Å². The molecule has 1 saturated carbocycles. The molecule has 0 radical (unpaired) electrons. The molecule has 0 bridgehead atoms. The van der Waals surface area contributed by atoms with Crippen molar-refractivity contribution in [1.82, 2.24) is 0 Å². The van der Waals surface area contributed by atoms with E-state index in [1.54, 1.807) is 0 Å². The zero-order chi connectivity index (χ0) is 25.7. The number of benzene rings is 1. The van der Waals surface area contributed by atoms with Crippen LogP contribution in [0.1, 0.15) is 42.5 Å². The van der Waals surface area contributed by atoms with Gasteiger partial charge in [0, 0.05) is 20.0 Å². The van der Waals surface area contributed by atoms with Gasteiger partial charge < -0.3 is 14.2 Å². The Kier molecular flexibility index (Phi) is 8.27. The lowest BCUT2D eigenvalue weighted by Gasteiger charge is -2.42. The minimum Gasteiger partial charge on any atom is -0.465 e. The van der Waals surface area contributed by atoms with E-state index in [-0.39, 0.29) is 25.7 Å². The average Bonchev–Trinajstić information content (AvgIpc) is 2.71. The molecule has 0 saturated heterocycles. The molecule has 0 atom stereocenters. The summed E-state index contributed by atoms with van der Waals surface area (Å²) in [6, 6.07) is 1.85. The predicted molar refractivity (Wildman–Crippen MR) is 132 cm³/mol. The molecule has 1 aromatic rings. The first-order valence-electron chi connectivity index (χ1n) is 9.50. The summed E-state index contributed by atoms with van der Waals surface area (Å²) >= 11 is 6.14. The first-order valence-corrected chi connectivity index (χ1v) is 14.2. The summed E-state index contributed by atoms with van der Waals surface area (Å²) < 4.78 is 101. The molecule has 1 N–H and O–H groups in total. The van der Waals surface area contributed by atoms with Crippen LogP contribution in [0.15, 0.2) is 6.07 Å². The molecule has 1 heterocycles. The summed E-state index contributed by atoms with van der Waals surface area (Å²) in [5, 5.41) is -5.73. The molecule has 0 unspecified atom stereocenters.